The van der Waals surface area contributed by atoms with Crippen molar-refractivity contribution < 1.29 is 4.42 Å². The highest BCUT2D eigenvalue weighted by Crippen LogP contribution is 2.57. The molecule has 1 aliphatic carbocycles. The molecular weight excluding hydrogens is 749 g/mol. The summed E-state index contributed by atoms with van der Waals surface area (Å²) in [7, 11) is 0. The molecule has 3 nitrogen and oxygen atoms in total. The minimum atomic E-state index is -0.521. The molecule has 60 heavy (non-hydrogen) atoms. The van der Waals surface area contributed by atoms with Gasteiger partial charge >= 0.3 is 0 Å². The molecule has 1 aliphatic rings. The van der Waals surface area contributed by atoms with Crippen LogP contribution in [0.25, 0.3) is 65.0 Å². The van der Waals surface area contributed by atoms with Crippen LogP contribution in [0.1, 0.15) is 22.3 Å². The van der Waals surface area contributed by atoms with E-state index in [1.54, 1.807) is 0 Å². The molecule has 0 saturated carbocycles. The Morgan fingerprint density at radius 1 is 0.417 bits per heavy atom. The van der Waals surface area contributed by atoms with Crippen LogP contribution in [0.2, 0.25) is 0 Å². The molecule has 0 radical (unpaired) electrons. The van der Waals surface area contributed by atoms with E-state index in [2.05, 4.69) is 217 Å². The van der Waals surface area contributed by atoms with Crippen molar-refractivity contribution in [3.8, 4) is 33.7 Å². The third-order valence-electron chi connectivity index (χ3n) is 12.2. The van der Waals surface area contributed by atoms with Crippen LogP contribution < -0.4 is 4.90 Å². The molecule has 11 aromatic rings. The molecular formula is C56H36N2OS. The van der Waals surface area contributed by atoms with Gasteiger partial charge in [-0.15, -0.1) is 11.3 Å². The van der Waals surface area contributed by atoms with Crippen LogP contribution in [0, 0.1) is 0 Å². The lowest BCUT2D eigenvalue weighted by atomic mass is 9.67. The van der Waals surface area contributed by atoms with E-state index in [0.29, 0.717) is 5.89 Å². The highest BCUT2D eigenvalue weighted by atomic mass is 32.1. The summed E-state index contributed by atoms with van der Waals surface area (Å²) in [6.45, 7) is 0. The molecule has 282 valence electrons. The second kappa shape index (κ2) is 13.8. The monoisotopic (exact) mass is 784 g/mol. The summed E-state index contributed by atoms with van der Waals surface area (Å²) in [6.07, 6.45) is 0. The topological polar surface area (TPSA) is 29.3 Å². The summed E-state index contributed by atoms with van der Waals surface area (Å²) < 4.78 is 8.97. The molecule has 0 unspecified atom stereocenters. The van der Waals surface area contributed by atoms with Crippen LogP contribution in [0.3, 0.4) is 0 Å². The Morgan fingerprint density at radius 3 is 1.77 bits per heavy atom. The number of nitrogens with zero attached hydrogens (tertiary/aromatic N) is 2. The van der Waals surface area contributed by atoms with Crippen molar-refractivity contribution in [1.82, 2.24) is 4.98 Å². The Labute approximate surface area is 352 Å². The Balaban J connectivity index is 1.05. The summed E-state index contributed by atoms with van der Waals surface area (Å²) in [5.74, 6) is 0.603. The number of oxazole rings is 1. The molecule has 4 heteroatoms. The first-order valence-corrected chi connectivity index (χ1v) is 21.2. The van der Waals surface area contributed by atoms with Gasteiger partial charge in [0, 0.05) is 42.8 Å². The molecule has 0 atom stereocenters. The molecule has 0 amide bonds. The van der Waals surface area contributed by atoms with Crippen LogP contribution >= 0.6 is 11.3 Å². The third kappa shape index (κ3) is 5.38. The van der Waals surface area contributed by atoms with Gasteiger partial charge in [0.15, 0.2) is 5.58 Å². The van der Waals surface area contributed by atoms with Gasteiger partial charge in [-0.05, 0) is 105 Å². The van der Waals surface area contributed by atoms with Gasteiger partial charge in [-0.2, -0.15) is 0 Å². The van der Waals surface area contributed by atoms with Gasteiger partial charge < -0.3 is 9.32 Å². The fourth-order valence-electron chi connectivity index (χ4n) is 9.49. The lowest BCUT2D eigenvalue weighted by Crippen LogP contribution is -2.28. The maximum absolute atomic E-state index is 6.43. The average Bonchev–Trinajstić information content (AvgIpc) is 4.00. The lowest BCUT2D eigenvalue weighted by Gasteiger charge is -2.35. The maximum Gasteiger partial charge on any atom is 0.227 e. The summed E-state index contributed by atoms with van der Waals surface area (Å²) in [6, 6.07) is 78.8. The molecule has 12 rings (SSSR count). The average molecular weight is 785 g/mol. The van der Waals surface area contributed by atoms with Gasteiger partial charge in [0.1, 0.15) is 5.52 Å². The zero-order valence-corrected chi connectivity index (χ0v) is 33.3. The van der Waals surface area contributed by atoms with Crippen molar-refractivity contribution in [2.45, 2.75) is 5.41 Å². The van der Waals surface area contributed by atoms with E-state index in [-0.39, 0.29) is 0 Å². The van der Waals surface area contributed by atoms with E-state index in [4.69, 9.17) is 9.40 Å². The maximum atomic E-state index is 6.43. The number of hydrogen-bond acceptors (Lipinski definition) is 4. The predicted octanol–water partition coefficient (Wildman–Crippen LogP) is 15.4. The molecule has 9 aromatic carbocycles. The number of hydrogen-bond donors (Lipinski definition) is 0. The minimum absolute atomic E-state index is 0.521. The first-order valence-electron chi connectivity index (χ1n) is 20.4. The number of rotatable bonds is 7. The van der Waals surface area contributed by atoms with Crippen molar-refractivity contribution >= 4 is 59.7 Å². The standard InChI is InChI=1S/C56H36N2OS/c1-4-14-37(15-5-1)38-24-26-39(27-25-38)55-57-51-35-43(30-33-52(51)59-55)58(44-29-32-48-47-21-11-13-23-53(47)60-54(48)36-44)42-28-31-46-45-20-10-12-22-49(45)56(50(46)34-42,40-16-6-2-7-17-40)41-18-8-3-9-19-41/h1-36H. The van der Waals surface area contributed by atoms with E-state index >= 15 is 0 Å². The number of fused-ring (bicyclic) bond motifs is 7. The Kier molecular flexibility index (Phi) is 7.94. The highest BCUT2D eigenvalue weighted by molar-refractivity contribution is 7.25. The van der Waals surface area contributed by atoms with E-state index in [1.165, 1.54) is 59.1 Å². The second-order valence-corrected chi connectivity index (χ2v) is 16.6. The van der Waals surface area contributed by atoms with E-state index in [1.807, 2.05) is 17.4 Å². The number of anilines is 3. The van der Waals surface area contributed by atoms with Crippen LogP contribution in [0.5, 0.6) is 0 Å². The fraction of sp³-hybridized carbons (Fsp3) is 0.0179. The van der Waals surface area contributed by atoms with Gasteiger partial charge in [0.2, 0.25) is 5.89 Å². The van der Waals surface area contributed by atoms with Crippen molar-refractivity contribution in [1.29, 1.82) is 0 Å². The predicted molar refractivity (Wildman–Crippen MR) is 250 cm³/mol. The molecule has 0 spiro atoms. The Hall–Kier alpha value is -7.53. The number of thiophene rings is 1. The Morgan fingerprint density at radius 2 is 0.983 bits per heavy atom. The Bertz CT molecular complexity index is 3330. The normalized spacial score (nSPS) is 12.8. The second-order valence-electron chi connectivity index (χ2n) is 15.5. The molecule has 0 N–H and O–H groups in total. The van der Waals surface area contributed by atoms with Gasteiger partial charge in [0.05, 0.1) is 5.41 Å². The van der Waals surface area contributed by atoms with E-state index in [9.17, 15) is 0 Å². The van der Waals surface area contributed by atoms with Gasteiger partial charge in [-0.25, -0.2) is 4.98 Å². The van der Waals surface area contributed by atoms with E-state index < -0.39 is 5.41 Å². The van der Waals surface area contributed by atoms with Gasteiger partial charge in [0.25, 0.3) is 0 Å². The van der Waals surface area contributed by atoms with Crippen molar-refractivity contribution in [2.75, 3.05) is 4.90 Å². The van der Waals surface area contributed by atoms with Gasteiger partial charge in [-0.3, -0.25) is 0 Å². The van der Waals surface area contributed by atoms with Gasteiger partial charge in [-0.1, -0.05) is 158 Å². The smallest absolute Gasteiger partial charge is 0.227 e. The number of aromatic nitrogens is 1. The summed E-state index contributed by atoms with van der Waals surface area (Å²) >= 11 is 1.84. The quantitative estimate of drug-likeness (QED) is 0.161. The van der Waals surface area contributed by atoms with E-state index in [0.717, 1.165) is 39.3 Å². The zero-order chi connectivity index (χ0) is 39.6. The third-order valence-corrected chi connectivity index (χ3v) is 13.3. The van der Waals surface area contributed by atoms with Crippen molar-refractivity contribution in [3.63, 3.8) is 0 Å². The summed E-state index contributed by atoms with van der Waals surface area (Å²) in [4.78, 5) is 7.48. The number of benzene rings is 9. The molecule has 0 bridgehead atoms. The van der Waals surface area contributed by atoms with Crippen molar-refractivity contribution in [2.24, 2.45) is 0 Å². The largest absolute Gasteiger partial charge is 0.436 e. The summed E-state index contributed by atoms with van der Waals surface area (Å²) in [5, 5.41) is 2.56. The lowest BCUT2D eigenvalue weighted by molar-refractivity contribution is 0.620. The molecule has 0 fully saturated rings. The van der Waals surface area contributed by atoms with Crippen molar-refractivity contribution in [3.05, 3.63) is 241 Å². The minimum Gasteiger partial charge on any atom is -0.436 e. The fourth-order valence-corrected chi connectivity index (χ4v) is 10.6. The summed E-state index contributed by atoms with van der Waals surface area (Å²) in [5.41, 5.74) is 15.0. The molecule has 2 aromatic heterocycles. The van der Waals surface area contributed by atoms with Crippen LogP contribution in [0.4, 0.5) is 17.1 Å². The van der Waals surface area contributed by atoms with Crippen LogP contribution in [0.15, 0.2) is 223 Å². The zero-order valence-electron chi connectivity index (χ0n) is 32.5. The highest BCUT2D eigenvalue weighted by Gasteiger charge is 2.46. The molecule has 0 saturated heterocycles. The molecule has 2 heterocycles. The van der Waals surface area contributed by atoms with Crippen LogP contribution in [-0.2, 0) is 5.41 Å². The first kappa shape index (κ1) is 34.5. The van der Waals surface area contributed by atoms with Crippen LogP contribution in [-0.4, -0.2) is 4.98 Å². The SMILES string of the molecule is c1ccc(-c2ccc(-c3nc4cc(N(c5ccc6c(c5)C(c5ccccc5)(c5ccccc5)c5ccccc5-6)c5ccc6c(c5)sc5ccccc56)ccc4o3)cc2)cc1. The molecule has 0 aliphatic heterocycles. The first-order chi connectivity index (χ1) is 29.7.